The quantitative estimate of drug-likeness (QED) is 0.484. The van der Waals surface area contributed by atoms with E-state index in [1.54, 1.807) is 11.8 Å². The van der Waals surface area contributed by atoms with Crippen LogP contribution >= 0.6 is 23.1 Å². The van der Waals surface area contributed by atoms with E-state index in [0.717, 1.165) is 20.9 Å². The fourth-order valence-electron chi connectivity index (χ4n) is 2.40. The molecular weight excluding hydrogens is 354 g/mol. The molecular formula is C18H19N3O2S2. The van der Waals surface area contributed by atoms with Gasteiger partial charge in [-0.2, -0.15) is 0 Å². The Hall–Kier alpha value is -2.12. The molecule has 0 aliphatic heterocycles. The summed E-state index contributed by atoms with van der Waals surface area (Å²) in [6.45, 7) is 3.98. The predicted molar refractivity (Wildman–Crippen MR) is 104 cm³/mol. The highest BCUT2D eigenvalue weighted by Crippen LogP contribution is 2.28. The standard InChI is InChI=1S/C18H19N3O2S2/c1-3-14(16(22)19-17-20-21-18(25-17)24-4-2)23-15-11-7-9-12-8-5-6-10-13(12)15/h5-11,14H,3-4H2,1-2H3,(H,19,20,22)/t14-/m0/s1. The van der Waals surface area contributed by atoms with Gasteiger partial charge in [0.1, 0.15) is 5.75 Å². The van der Waals surface area contributed by atoms with E-state index in [4.69, 9.17) is 4.74 Å². The third-order valence-corrected chi connectivity index (χ3v) is 5.44. The average molecular weight is 374 g/mol. The number of aromatic nitrogens is 2. The van der Waals surface area contributed by atoms with Gasteiger partial charge in [0.05, 0.1) is 0 Å². The van der Waals surface area contributed by atoms with Crippen LogP contribution in [0.15, 0.2) is 46.8 Å². The highest BCUT2D eigenvalue weighted by molar-refractivity contribution is 8.01. The Morgan fingerprint density at radius 2 is 2.00 bits per heavy atom. The van der Waals surface area contributed by atoms with Crippen LogP contribution in [0.4, 0.5) is 5.13 Å². The first kappa shape index (κ1) is 17.7. The van der Waals surface area contributed by atoms with Gasteiger partial charge in [-0.1, -0.05) is 73.3 Å². The zero-order chi connectivity index (χ0) is 17.6. The van der Waals surface area contributed by atoms with Gasteiger partial charge in [0.25, 0.3) is 5.91 Å². The van der Waals surface area contributed by atoms with Crippen molar-refractivity contribution >= 4 is 44.9 Å². The molecule has 1 atom stereocenters. The Bertz CT molecular complexity index is 861. The van der Waals surface area contributed by atoms with Crippen molar-refractivity contribution in [3.05, 3.63) is 42.5 Å². The second-order valence-electron chi connectivity index (χ2n) is 5.29. The van der Waals surface area contributed by atoms with E-state index in [9.17, 15) is 4.79 Å². The van der Waals surface area contributed by atoms with Crippen LogP contribution in [0.2, 0.25) is 0 Å². The molecule has 0 spiro atoms. The fraction of sp³-hybridized carbons (Fsp3) is 0.278. The van der Waals surface area contributed by atoms with Gasteiger partial charge < -0.3 is 4.74 Å². The molecule has 0 unspecified atom stereocenters. The molecule has 7 heteroatoms. The smallest absolute Gasteiger partial charge is 0.267 e. The topological polar surface area (TPSA) is 64.1 Å². The number of anilines is 1. The van der Waals surface area contributed by atoms with Gasteiger partial charge in [-0.05, 0) is 23.6 Å². The van der Waals surface area contributed by atoms with Crippen LogP contribution in [0.1, 0.15) is 20.3 Å². The molecule has 1 amide bonds. The number of hydrogen-bond donors (Lipinski definition) is 1. The molecule has 130 valence electrons. The van der Waals surface area contributed by atoms with Gasteiger partial charge in [0, 0.05) is 5.39 Å². The molecule has 1 heterocycles. The molecule has 0 fully saturated rings. The molecule has 0 bridgehead atoms. The van der Waals surface area contributed by atoms with Gasteiger partial charge >= 0.3 is 0 Å². The Kier molecular flexibility index (Phi) is 5.88. The van der Waals surface area contributed by atoms with E-state index >= 15 is 0 Å². The van der Waals surface area contributed by atoms with Crippen LogP contribution in [0.3, 0.4) is 0 Å². The normalized spacial score (nSPS) is 12.1. The van der Waals surface area contributed by atoms with E-state index in [-0.39, 0.29) is 5.91 Å². The van der Waals surface area contributed by atoms with Crippen molar-refractivity contribution in [2.45, 2.75) is 30.7 Å². The summed E-state index contributed by atoms with van der Waals surface area (Å²) in [5, 5.41) is 13.4. The number of amides is 1. The number of nitrogens with one attached hydrogen (secondary N) is 1. The summed E-state index contributed by atoms with van der Waals surface area (Å²) in [7, 11) is 0. The lowest BCUT2D eigenvalue weighted by molar-refractivity contribution is -0.122. The van der Waals surface area contributed by atoms with E-state index in [2.05, 4.69) is 22.4 Å². The van der Waals surface area contributed by atoms with Crippen molar-refractivity contribution < 1.29 is 9.53 Å². The summed E-state index contributed by atoms with van der Waals surface area (Å²) in [5.74, 6) is 1.42. The Morgan fingerprint density at radius 3 is 2.80 bits per heavy atom. The minimum Gasteiger partial charge on any atom is -0.480 e. The maximum atomic E-state index is 12.5. The zero-order valence-corrected chi connectivity index (χ0v) is 15.7. The molecule has 0 radical (unpaired) electrons. The third kappa shape index (κ3) is 4.29. The molecule has 25 heavy (non-hydrogen) atoms. The summed E-state index contributed by atoms with van der Waals surface area (Å²) in [4.78, 5) is 12.5. The number of rotatable bonds is 7. The van der Waals surface area contributed by atoms with Crippen molar-refractivity contribution in [2.75, 3.05) is 11.1 Å². The van der Waals surface area contributed by atoms with E-state index in [1.807, 2.05) is 49.4 Å². The molecule has 2 aromatic carbocycles. The van der Waals surface area contributed by atoms with Crippen LogP contribution in [0, 0.1) is 0 Å². The average Bonchev–Trinajstić information content (AvgIpc) is 3.07. The summed E-state index contributed by atoms with van der Waals surface area (Å²) in [5.41, 5.74) is 0. The molecule has 5 nitrogen and oxygen atoms in total. The van der Waals surface area contributed by atoms with E-state index in [0.29, 0.717) is 17.3 Å². The minimum absolute atomic E-state index is 0.209. The molecule has 1 aromatic heterocycles. The summed E-state index contributed by atoms with van der Waals surface area (Å²) >= 11 is 2.98. The van der Waals surface area contributed by atoms with Gasteiger partial charge in [-0.25, -0.2) is 0 Å². The Labute approximate surface area is 154 Å². The van der Waals surface area contributed by atoms with Crippen LogP contribution in [-0.2, 0) is 4.79 Å². The lowest BCUT2D eigenvalue weighted by Gasteiger charge is -2.17. The second-order valence-corrected chi connectivity index (χ2v) is 7.78. The lowest BCUT2D eigenvalue weighted by Crippen LogP contribution is -2.32. The first-order valence-corrected chi connectivity index (χ1v) is 9.93. The zero-order valence-electron chi connectivity index (χ0n) is 14.1. The molecule has 0 aliphatic rings. The van der Waals surface area contributed by atoms with E-state index in [1.165, 1.54) is 11.3 Å². The molecule has 1 N–H and O–H groups in total. The molecule has 3 rings (SSSR count). The predicted octanol–water partition coefficient (Wildman–Crippen LogP) is 4.60. The Morgan fingerprint density at radius 1 is 1.20 bits per heavy atom. The number of nitrogens with zero attached hydrogens (tertiary/aromatic N) is 2. The number of carbonyl (C=O) groups is 1. The van der Waals surface area contributed by atoms with E-state index < -0.39 is 6.10 Å². The maximum Gasteiger partial charge on any atom is 0.267 e. The molecule has 0 aliphatic carbocycles. The number of ether oxygens (including phenoxy) is 1. The number of fused-ring (bicyclic) bond motifs is 1. The Balaban J connectivity index is 1.73. The van der Waals surface area contributed by atoms with Crippen molar-refractivity contribution in [1.29, 1.82) is 0 Å². The van der Waals surface area contributed by atoms with Gasteiger partial charge in [0.2, 0.25) is 5.13 Å². The van der Waals surface area contributed by atoms with Crippen molar-refractivity contribution in [3.63, 3.8) is 0 Å². The van der Waals surface area contributed by atoms with Crippen LogP contribution in [0.25, 0.3) is 10.8 Å². The van der Waals surface area contributed by atoms with Crippen LogP contribution in [-0.4, -0.2) is 28.0 Å². The van der Waals surface area contributed by atoms with Gasteiger partial charge in [-0.3, -0.25) is 10.1 Å². The van der Waals surface area contributed by atoms with Crippen LogP contribution < -0.4 is 10.1 Å². The van der Waals surface area contributed by atoms with Crippen molar-refractivity contribution in [1.82, 2.24) is 10.2 Å². The monoisotopic (exact) mass is 373 g/mol. The SMILES string of the molecule is CCSc1nnc(NC(=O)[C@H](CC)Oc2cccc3ccccc23)s1. The van der Waals surface area contributed by atoms with Crippen molar-refractivity contribution in [2.24, 2.45) is 0 Å². The maximum absolute atomic E-state index is 12.5. The highest BCUT2D eigenvalue weighted by Gasteiger charge is 2.21. The van der Waals surface area contributed by atoms with Gasteiger partial charge in [0.15, 0.2) is 10.4 Å². The molecule has 3 aromatic rings. The third-order valence-electron chi connectivity index (χ3n) is 3.59. The minimum atomic E-state index is -0.586. The summed E-state index contributed by atoms with van der Waals surface area (Å²) in [6, 6.07) is 13.8. The fourth-order valence-corrected chi connectivity index (χ4v) is 4.05. The molecule has 0 saturated carbocycles. The molecule has 0 saturated heterocycles. The first-order chi connectivity index (χ1) is 12.2. The van der Waals surface area contributed by atoms with Crippen LogP contribution in [0.5, 0.6) is 5.75 Å². The lowest BCUT2D eigenvalue weighted by atomic mass is 10.1. The highest BCUT2D eigenvalue weighted by atomic mass is 32.2. The number of hydrogen-bond acceptors (Lipinski definition) is 6. The summed E-state index contributed by atoms with van der Waals surface area (Å²) < 4.78 is 6.85. The van der Waals surface area contributed by atoms with Crippen molar-refractivity contribution in [3.8, 4) is 5.75 Å². The van der Waals surface area contributed by atoms with Gasteiger partial charge in [-0.15, -0.1) is 10.2 Å². The number of carbonyl (C=O) groups excluding carboxylic acids is 1. The first-order valence-electron chi connectivity index (χ1n) is 8.12. The number of thioether (sulfide) groups is 1. The number of benzene rings is 2. The second kappa shape index (κ2) is 8.31. The summed E-state index contributed by atoms with van der Waals surface area (Å²) in [6.07, 6.45) is -0.0262. The largest absolute Gasteiger partial charge is 0.480 e.